The third kappa shape index (κ3) is 3.93. The first-order chi connectivity index (χ1) is 8.79. The molecule has 0 saturated heterocycles. The number of rotatable bonds is 5. The summed E-state index contributed by atoms with van der Waals surface area (Å²) in [5, 5.41) is 3.30. The molecule has 1 N–H and O–H groups in total. The van der Waals surface area contributed by atoms with E-state index in [0.717, 1.165) is 24.2 Å². The SMILES string of the molecule is CCCNCc1ccc(C(C)(C)C)n(C(C)C)c1=O. The van der Waals surface area contributed by atoms with Crippen LogP contribution in [0.3, 0.4) is 0 Å². The Balaban J connectivity index is 3.21. The van der Waals surface area contributed by atoms with Crippen molar-refractivity contribution in [2.24, 2.45) is 0 Å². The fraction of sp³-hybridized carbons (Fsp3) is 0.688. The van der Waals surface area contributed by atoms with E-state index in [9.17, 15) is 4.79 Å². The van der Waals surface area contributed by atoms with E-state index < -0.39 is 0 Å². The highest BCUT2D eigenvalue weighted by molar-refractivity contribution is 5.22. The highest BCUT2D eigenvalue weighted by Gasteiger charge is 2.21. The van der Waals surface area contributed by atoms with Gasteiger partial charge in [-0.3, -0.25) is 4.79 Å². The Morgan fingerprint density at radius 2 is 1.89 bits per heavy atom. The Morgan fingerprint density at radius 1 is 1.26 bits per heavy atom. The van der Waals surface area contributed by atoms with E-state index >= 15 is 0 Å². The molecule has 0 aliphatic rings. The largest absolute Gasteiger partial charge is 0.312 e. The van der Waals surface area contributed by atoms with Gasteiger partial charge >= 0.3 is 0 Å². The summed E-state index contributed by atoms with van der Waals surface area (Å²) in [7, 11) is 0. The Labute approximate surface area is 117 Å². The summed E-state index contributed by atoms with van der Waals surface area (Å²) in [4.78, 5) is 12.6. The number of nitrogens with one attached hydrogen (secondary N) is 1. The Hall–Kier alpha value is -1.09. The second-order valence-electron chi connectivity index (χ2n) is 6.44. The highest BCUT2D eigenvalue weighted by atomic mass is 16.1. The van der Waals surface area contributed by atoms with E-state index in [0.29, 0.717) is 6.54 Å². The molecule has 108 valence electrons. The van der Waals surface area contributed by atoms with Gasteiger partial charge in [0, 0.05) is 29.3 Å². The zero-order valence-corrected chi connectivity index (χ0v) is 13.2. The van der Waals surface area contributed by atoms with Gasteiger partial charge in [-0.1, -0.05) is 33.8 Å². The molecule has 0 saturated carbocycles. The number of nitrogens with zero attached hydrogens (tertiary/aromatic N) is 1. The molecular weight excluding hydrogens is 236 g/mol. The van der Waals surface area contributed by atoms with E-state index in [1.807, 2.05) is 10.6 Å². The first-order valence-electron chi connectivity index (χ1n) is 7.24. The summed E-state index contributed by atoms with van der Waals surface area (Å²) in [5.41, 5.74) is 2.09. The topological polar surface area (TPSA) is 34.0 Å². The van der Waals surface area contributed by atoms with Crippen LogP contribution in [0.5, 0.6) is 0 Å². The van der Waals surface area contributed by atoms with E-state index in [4.69, 9.17) is 0 Å². The lowest BCUT2D eigenvalue weighted by atomic mass is 9.90. The summed E-state index contributed by atoms with van der Waals surface area (Å²) < 4.78 is 1.93. The van der Waals surface area contributed by atoms with E-state index in [1.54, 1.807) is 0 Å². The maximum absolute atomic E-state index is 12.6. The number of hydrogen-bond donors (Lipinski definition) is 1. The average Bonchev–Trinajstić information content (AvgIpc) is 2.29. The predicted octanol–water partition coefficient (Wildman–Crippen LogP) is 3.23. The zero-order chi connectivity index (χ0) is 14.6. The van der Waals surface area contributed by atoms with Crippen LogP contribution in [-0.2, 0) is 12.0 Å². The van der Waals surface area contributed by atoms with Gasteiger partial charge in [0.05, 0.1) is 0 Å². The zero-order valence-electron chi connectivity index (χ0n) is 13.2. The summed E-state index contributed by atoms with van der Waals surface area (Å²) in [5.74, 6) is 0. The van der Waals surface area contributed by atoms with Crippen molar-refractivity contribution in [3.8, 4) is 0 Å². The van der Waals surface area contributed by atoms with Gasteiger partial charge < -0.3 is 9.88 Å². The van der Waals surface area contributed by atoms with Crippen molar-refractivity contribution >= 4 is 0 Å². The molecule has 0 aromatic carbocycles. The van der Waals surface area contributed by atoms with Gasteiger partial charge in [0.15, 0.2) is 0 Å². The van der Waals surface area contributed by atoms with Crippen LogP contribution < -0.4 is 10.9 Å². The molecule has 0 unspecified atom stereocenters. The van der Waals surface area contributed by atoms with E-state index in [2.05, 4.69) is 52.9 Å². The lowest BCUT2D eigenvalue weighted by Crippen LogP contribution is -2.34. The van der Waals surface area contributed by atoms with Crippen LogP contribution in [0.1, 0.15) is 65.3 Å². The van der Waals surface area contributed by atoms with Crippen LogP contribution in [0, 0.1) is 0 Å². The van der Waals surface area contributed by atoms with Crippen LogP contribution in [0.4, 0.5) is 0 Å². The fourth-order valence-corrected chi connectivity index (χ4v) is 2.25. The Kier molecular flexibility index (Phi) is 5.36. The third-order valence-corrected chi connectivity index (χ3v) is 3.22. The van der Waals surface area contributed by atoms with Crippen LogP contribution >= 0.6 is 0 Å². The molecule has 0 aliphatic heterocycles. The summed E-state index contributed by atoms with van der Waals surface area (Å²) in [6.07, 6.45) is 1.08. The van der Waals surface area contributed by atoms with Gasteiger partial charge in [-0.15, -0.1) is 0 Å². The summed E-state index contributed by atoms with van der Waals surface area (Å²) >= 11 is 0. The second kappa shape index (κ2) is 6.38. The quantitative estimate of drug-likeness (QED) is 0.829. The van der Waals surface area contributed by atoms with Gasteiger partial charge in [0.1, 0.15) is 0 Å². The fourth-order valence-electron chi connectivity index (χ4n) is 2.25. The van der Waals surface area contributed by atoms with Crippen molar-refractivity contribution < 1.29 is 0 Å². The minimum absolute atomic E-state index is 0.0151. The minimum Gasteiger partial charge on any atom is -0.312 e. The van der Waals surface area contributed by atoms with Crippen LogP contribution in [0.2, 0.25) is 0 Å². The van der Waals surface area contributed by atoms with Gasteiger partial charge in [0.25, 0.3) is 5.56 Å². The molecule has 0 atom stereocenters. The molecule has 1 aromatic heterocycles. The highest BCUT2D eigenvalue weighted by Crippen LogP contribution is 2.23. The van der Waals surface area contributed by atoms with Gasteiger partial charge in [0.2, 0.25) is 0 Å². The number of hydrogen-bond acceptors (Lipinski definition) is 2. The smallest absolute Gasteiger partial charge is 0.255 e. The minimum atomic E-state index is -0.0151. The van der Waals surface area contributed by atoms with E-state index in [-0.39, 0.29) is 17.0 Å². The third-order valence-electron chi connectivity index (χ3n) is 3.22. The molecule has 1 aromatic rings. The van der Waals surface area contributed by atoms with Crippen LogP contribution in [0.25, 0.3) is 0 Å². The predicted molar refractivity (Wildman–Crippen MR) is 81.8 cm³/mol. The molecule has 0 amide bonds. The Morgan fingerprint density at radius 3 is 2.37 bits per heavy atom. The first kappa shape index (κ1) is 16.0. The summed E-state index contributed by atoms with van der Waals surface area (Å²) in [6.45, 7) is 14.3. The first-order valence-corrected chi connectivity index (χ1v) is 7.24. The maximum atomic E-state index is 12.6. The van der Waals surface area contributed by atoms with Gasteiger partial charge in [-0.05, 0) is 32.9 Å². The van der Waals surface area contributed by atoms with Gasteiger partial charge in [-0.25, -0.2) is 0 Å². The van der Waals surface area contributed by atoms with Crippen molar-refractivity contribution in [1.29, 1.82) is 0 Å². The van der Waals surface area contributed by atoms with E-state index in [1.165, 1.54) is 0 Å². The molecule has 3 nitrogen and oxygen atoms in total. The van der Waals surface area contributed by atoms with Crippen molar-refractivity contribution in [2.75, 3.05) is 6.54 Å². The molecule has 19 heavy (non-hydrogen) atoms. The number of pyridine rings is 1. The monoisotopic (exact) mass is 264 g/mol. The standard InChI is InChI=1S/C16H28N2O/c1-7-10-17-11-13-8-9-14(16(4,5)6)18(12(2)3)15(13)19/h8-9,12,17H,7,10-11H2,1-6H3. The normalized spacial score (nSPS) is 12.2. The molecule has 0 bridgehead atoms. The van der Waals surface area contributed by atoms with Crippen molar-refractivity contribution in [3.63, 3.8) is 0 Å². The number of aromatic nitrogens is 1. The molecule has 1 heterocycles. The Bertz CT molecular complexity index is 467. The lowest BCUT2D eigenvalue weighted by Gasteiger charge is -2.27. The molecule has 0 fully saturated rings. The van der Waals surface area contributed by atoms with Gasteiger partial charge in [-0.2, -0.15) is 0 Å². The molecular formula is C16H28N2O. The summed E-state index contributed by atoms with van der Waals surface area (Å²) in [6, 6.07) is 4.27. The molecule has 1 rings (SSSR count). The second-order valence-corrected chi connectivity index (χ2v) is 6.44. The van der Waals surface area contributed by atoms with Crippen molar-refractivity contribution in [1.82, 2.24) is 9.88 Å². The van der Waals surface area contributed by atoms with Crippen molar-refractivity contribution in [2.45, 2.75) is 66.0 Å². The lowest BCUT2D eigenvalue weighted by molar-refractivity contribution is 0.463. The van der Waals surface area contributed by atoms with Crippen LogP contribution in [0.15, 0.2) is 16.9 Å². The molecule has 0 spiro atoms. The maximum Gasteiger partial charge on any atom is 0.255 e. The van der Waals surface area contributed by atoms with Crippen LogP contribution in [-0.4, -0.2) is 11.1 Å². The van der Waals surface area contributed by atoms with Crippen molar-refractivity contribution in [3.05, 3.63) is 33.7 Å². The average molecular weight is 264 g/mol. The molecule has 0 aliphatic carbocycles. The molecule has 0 radical (unpaired) electrons. The molecule has 3 heteroatoms.